The molecule has 0 atom stereocenters. The summed E-state index contributed by atoms with van der Waals surface area (Å²) in [4.78, 5) is 24.3. The van der Waals surface area contributed by atoms with Gasteiger partial charge in [0.1, 0.15) is 13.2 Å². The molecule has 2 amide bonds. The van der Waals surface area contributed by atoms with Crippen LogP contribution in [0.2, 0.25) is 0 Å². The molecule has 7 heteroatoms. The first kappa shape index (κ1) is 18.5. The summed E-state index contributed by atoms with van der Waals surface area (Å²) in [5.74, 6) is 0.386. The van der Waals surface area contributed by atoms with Crippen molar-refractivity contribution >= 4 is 17.5 Å². The summed E-state index contributed by atoms with van der Waals surface area (Å²) in [7, 11) is 0. The molecule has 0 radical (unpaired) electrons. The van der Waals surface area contributed by atoms with Crippen LogP contribution in [0.15, 0.2) is 66.7 Å². The Labute approximate surface area is 166 Å². The van der Waals surface area contributed by atoms with Gasteiger partial charge in [0.05, 0.1) is 0 Å². The van der Waals surface area contributed by atoms with Crippen LogP contribution in [0.1, 0.15) is 20.7 Å². The molecule has 3 aromatic carbocycles. The average Bonchev–Trinajstić information content (AvgIpc) is 2.78. The second-order valence-electron chi connectivity index (χ2n) is 6.42. The molecule has 0 spiro atoms. The molecule has 0 fully saturated rings. The number of rotatable bonds is 4. The normalized spacial score (nSPS) is 12.2. The zero-order chi connectivity index (χ0) is 20.2. The molecule has 3 N–H and O–H groups in total. The van der Waals surface area contributed by atoms with Crippen LogP contribution in [0, 0.1) is 0 Å². The van der Waals surface area contributed by atoms with Crippen LogP contribution in [-0.4, -0.2) is 30.2 Å². The SMILES string of the molecule is O=C(NO)c1cccc(-c2cccc(C(=O)Nc3ccc4c(c3)OCCO4)c2)c1. The Morgan fingerprint density at radius 3 is 2.03 bits per heavy atom. The van der Waals surface area contributed by atoms with Crippen molar-refractivity contribution in [3.8, 4) is 22.6 Å². The van der Waals surface area contributed by atoms with E-state index in [0.29, 0.717) is 41.5 Å². The van der Waals surface area contributed by atoms with Gasteiger partial charge >= 0.3 is 0 Å². The second-order valence-corrected chi connectivity index (χ2v) is 6.42. The minimum absolute atomic E-state index is 0.271. The molecule has 0 unspecified atom stereocenters. The zero-order valence-electron chi connectivity index (χ0n) is 15.3. The number of hydroxylamine groups is 1. The fourth-order valence-corrected chi connectivity index (χ4v) is 3.07. The number of carbonyl (C=O) groups is 2. The molecule has 0 aliphatic carbocycles. The quantitative estimate of drug-likeness (QED) is 0.468. The average molecular weight is 390 g/mol. The predicted octanol–water partition coefficient (Wildman–Crippen LogP) is 3.50. The summed E-state index contributed by atoms with van der Waals surface area (Å²) >= 11 is 0. The van der Waals surface area contributed by atoms with Gasteiger partial charge in [-0.3, -0.25) is 14.8 Å². The highest BCUT2D eigenvalue weighted by molar-refractivity contribution is 6.05. The number of hydrogen-bond donors (Lipinski definition) is 3. The lowest BCUT2D eigenvalue weighted by Gasteiger charge is -2.19. The lowest BCUT2D eigenvalue weighted by molar-refractivity contribution is 0.0706. The molecule has 0 saturated carbocycles. The molecule has 0 aromatic heterocycles. The van der Waals surface area contributed by atoms with Crippen LogP contribution < -0.4 is 20.3 Å². The fourth-order valence-electron chi connectivity index (χ4n) is 3.07. The minimum Gasteiger partial charge on any atom is -0.486 e. The number of amides is 2. The Morgan fingerprint density at radius 1 is 0.759 bits per heavy atom. The van der Waals surface area contributed by atoms with E-state index < -0.39 is 5.91 Å². The van der Waals surface area contributed by atoms with Gasteiger partial charge in [0.15, 0.2) is 11.5 Å². The van der Waals surface area contributed by atoms with E-state index in [-0.39, 0.29) is 5.91 Å². The Morgan fingerprint density at radius 2 is 1.38 bits per heavy atom. The topological polar surface area (TPSA) is 96.9 Å². The van der Waals surface area contributed by atoms with Crippen LogP contribution in [0.5, 0.6) is 11.5 Å². The molecule has 1 heterocycles. The monoisotopic (exact) mass is 390 g/mol. The van der Waals surface area contributed by atoms with Crippen molar-refractivity contribution in [3.05, 3.63) is 77.9 Å². The van der Waals surface area contributed by atoms with Gasteiger partial charge in [-0.1, -0.05) is 24.3 Å². The number of hydrogen-bond acceptors (Lipinski definition) is 5. The van der Waals surface area contributed by atoms with Gasteiger partial charge in [0.25, 0.3) is 11.8 Å². The maximum Gasteiger partial charge on any atom is 0.274 e. The number of anilines is 1. The maximum atomic E-state index is 12.7. The first-order valence-electron chi connectivity index (χ1n) is 9.00. The first-order chi connectivity index (χ1) is 14.1. The second kappa shape index (κ2) is 8.04. The van der Waals surface area contributed by atoms with Gasteiger partial charge in [0.2, 0.25) is 0 Å². The molecule has 146 valence electrons. The summed E-state index contributed by atoms with van der Waals surface area (Å²) in [6, 6.07) is 19.1. The Hall–Kier alpha value is -3.84. The van der Waals surface area contributed by atoms with Gasteiger partial charge in [-0.25, -0.2) is 5.48 Å². The van der Waals surface area contributed by atoms with Gasteiger partial charge in [-0.15, -0.1) is 0 Å². The molecule has 1 aliphatic rings. The van der Waals surface area contributed by atoms with Crippen molar-refractivity contribution in [2.75, 3.05) is 18.5 Å². The Balaban J connectivity index is 1.56. The van der Waals surface area contributed by atoms with Crippen molar-refractivity contribution in [1.29, 1.82) is 0 Å². The maximum absolute atomic E-state index is 12.7. The number of benzene rings is 3. The largest absolute Gasteiger partial charge is 0.486 e. The molecular formula is C22H18N2O5. The van der Waals surface area contributed by atoms with Crippen molar-refractivity contribution in [3.63, 3.8) is 0 Å². The van der Waals surface area contributed by atoms with E-state index in [1.165, 1.54) is 0 Å². The third-order valence-electron chi connectivity index (χ3n) is 4.48. The van der Waals surface area contributed by atoms with E-state index in [9.17, 15) is 9.59 Å². The van der Waals surface area contributed by atoms with Gasteiger partial charge in [0, 0.05) is 22.9 Å². The van der Waals surface area contributed by atoms with E-state index in [1.807, 2.05) is 12.1 Å². The molecule has 4 rings (SSSR count). The molecule has 0 saturated heterocycles. The lowest BCUT2D eigenvalue weighted by atomic mass is 10.0. The summed E-state index contributed by atoms with van der Waals surface area (Å²) in [5.41, 5.74) is 4.52. The summed E-state index contributed by atoms with van der Waals surface area (Å²) in [6.07, 6.45) is 0. The summed E-state index contributed by atoms with van der Waals surface area (Å²) in [5, 5.41) is 11.7. The van der Waals surface area contributed by atoms with Crippen LogP contribution in [0.3, 0.4) is 0 Å². The highest BCUT2D eigenvalue weighted by Crippen LogP contribution is 2.32. The van der Waals surface area contributed by atoms with Crippen molar-refractivity contribution in [1.82, 2.24) is 5.48 Å². The Kier molecular flexibility index (Phi) is 5.13. The molecule has 0 bridgehead atoms. The highest BCUT2D eigenvalue weighted by atomic mass is 16.6. The van der Waals surface area contributed by atoms with Crippen molar-refractivity contribution < 1.29 is 24.3 Å². The van der Waals surface area contributed by atoms with Crippen molar-refractivity contribution in [2.24, 2.45) is 0 Å². The van der Waals surface area contributed by atoms with E-state index in [2.05, 4.69) is 5.32 Å². The van der Waals surface area contributed by atoms with Crippen LogP contribution in [0.4, 0.5) is 5.69 Å². The zero-order valence-corrected chi connectivity index (χ0v) is 15.3. The van der Waals surface area contributed by atoms with Crippen molar-refractivity contribution in [2.45, 2.75) is 0 Å². The molecule has 1 aliphatic heterocycles. The number of nitrogens with one attached hydrogen (secondary N) is 2. The minimum atomic E-state index is -0.598. The third kappa shape index (κ3) is 4.04. The van der Waals surface area contributed by atoms with Crippen LogP contribution in [0.25, 0.3) is 11.1 Å². The molecule has 29 heavy (non-hydrogen) atoms. The number of ether oxygens (including phenoxy) is 2. The summed E-state index contributed by atoms with van der Waals surface area (Å²) in [6.45, 7) is 0.979. The fraction of sp³-hybridized carbons (Fsp3) is 0.0909. The van der Waals surface area contributed by atoms with Gasteiger partial charge < -0.3 is 14.8 Å². The smallest absolute Gasteiger partial charge is 0.274 e. The third-order valence-corrected chi connectivity index (χ3v) is 4.48. The number of carbonyl (C=O) groups excluding carboxylic acids is 2. The van der Waals surface area contributed by atoms with E-state index in [1.54, 1.807) is 60.1 Å². The van der Waals surface area contributed by atoms with Gasteiger partial charge in [-0.2, -0.15) is 0 Å². The highest BCUT2D eigenvalue weighted by Gasteiger charge is 2.14. The van der Waals surface area contributed by atoms with Crippen LogP contribution in [-0.2, 0) is 0 Å². The van der Waals surface area contributed by atoms with E-state index in [0.717, 1.165) is 11.1 Å². The molecule has 3 aromatic rings. The first-order valence-corrected chi connectivity index (χ1v) is 9.00. The van der Waals surface area contributed by atoms with E-state index >= 15 is 0 Å². The lowest BCUT2D eigenvalue weighted by Crippen LogP contribution is -2.18. The van der Waals surface area contributed by atoms with Crippen LogP contribution >= 0.6 is 0 Å². The van der Waals surface area contributed by atoms with E-state index in [4.69, 9.17) is 14.7 Å². The van der Waals surface area contributed by atoms with Gasteiger partial charge in [-0.05, 0) is 47.5 Å². The predicted molar refractivity (Wildman–Crippen MR) is 107 cm³/mol. The standard InChI is InChI=1S/C22H18N2O5/c25-21(23-18-7-8-19-20(13-18)29-10-9-28-19)16-5-1-3-14(11-16)15-4-2-6-17(12-15)22(26)24-27/h1-8,11-13,27H,9-10H2,(H,23,25)(H,24,26). The summed E-state index contributed by atoms with van der Waals surface area (Å²) < 4.78 is 11.0. The molecular weight excluding hydrogens is 372 g/mol. The Bertz CT molecular complexity index is 1080. The number of fused-ring (bicyclic) bond motifs is 1. The molecule has 7 nitrogen and oxygen atoms in total.